The quantitative estimate of drug-likeness (QED) is 0.446. The molecule has 2 amide bonds. The summed E-state index contributed by atoms with van der Waals surface area (Å²) in [6.45, 7) is 0.565. The smallest absolute Gasteiger partial charge is 0.274 e. The van der Waals surface area contributed by atoms with Crippen molar-refractivity contribution in [3.63, 3.8) is 0 Å². The van der Waals surface area contributed by atoms with Gasteiger partial charge in [0.15, 0.2) is 5.82 Å². The van der Waals surface area contributed by atoms with Gasteiger partial charge in [-0.25, -0.2) is 0 Å². The highest BCUT2D eigenvalue weighted by Crippen LogP contribution is 2.26. The maximum atomic E-state index is 12.5. The molecule has 5 N–H and O–H groups in total. The van der Waals surface area contributed by atoms with E-state index in [1.54, 1.807) is 36.4 Å². The third kappa shape index (κ3) is 4.59. The van der Waals surface area contributed by atoms with Gasteiger partial charge < -0.3 is 16.4 Å². The first-order valence-corrected chi connectivity index (χ1v) is 9.56. The van der Waals surface area contributed by atoms with Gasteiger partial charge in [-0.2, -0.15) is 5.10 Å². The van der Waals surface area contributed by atoms with Gasteiger partial charge in [0.1, 0.15) is 5.69 Å². The van der Waals surface area contributed by atoms with Gasteiger partial charge in [-0.05, 0) is 58.7 Å². The number of carbonyl (C=O) groups is 2. The van der Waals surface area contributed by atoms with Crippen molar-refractivity contribution in [3.8, 4) is 0 Å². The summed E-state index contributed by atoms with van der Waals surface area (Å²) in [5.74, 6) is -0.641. The molecule has 1 heterocycles. The van der Waals surface area contributed by atoms with Crippen molar-refractivity contribution in [2.45, 2.75) is 6.42 Å². The SMILES string of the molecule is NCCc1ccc(NC(=O)c2[nH]nc(NC(=O)c3ccccc3Cl)c2Br)cc1. The molecular weight excluding hydrogens is 446 g/mol. The summed E-state index contributed by atoms with van der Waals surface area (Å²) < 4.78 is 0.338. The first-order valence-electron chi connectivity index (χ1n) is 8.39. The molecule has 0 aliphatic carbocycles. The molecule has 9 heteroatoms. The first kappa shape index (κ1) is 20.1. The van der Waals surface area contributed by atoms with Crippen molar-refractivity contribution in [2.24, 2.45) is 5.73 Å². The van der Waals surface area contributed by atoms with E-state index in [0.717, 1.165) is 12.0 Å². The summed E-state index contributed by atoms with van der Waals surface area (Å²) in [5.41, 5.74) is 7.74. The molecule has 0 saturated carbocycles. The fourth-order valence-electron chi connectivity index (χ4n) is 2.50. The average Bonchev–Trinajstić information content (AvgIpc) is 3.04. The maximum Gasteiger partial charge on any atom is 0.274 e. The predicted octanol–water partition coefficient (Wildman–Crippen LogP) is 3.83. The molecule has 7 nitrogen and oxygen atoms in total. The molecule has 0 aliphatic rings. The molecule has 0 radical (unpaired) electrons. The number of amides is 2. The van der Waals surface area contributed by atoms with Crippen LogP contribution < -0.4 is 16.4 Å². The van der Waals surface area contributed by atoms with Crippen LogP contribution in [0.15, 0.2) is 53.0 Å². The van der Waals surface area contributed by atoms with Crippen LogP contribution in [0, 0.1) is 0 Å². The molecule has 3 aromatic rings. The molecule has 28 heavy (non-hydrogen) atoms. The number of nitrogens with zero attached hydrogens (tertiary/aromatic N) is 1. The lowest BCUT2D eigenvalue weighted by molar-refractivity contribution is 0.101. The van der Waals surface area contributed by atoms with Crippen molar-refractivity contribution < 1.29 is 9.59 Å². The summed E-state index contributed by atoms with van der Waals surface area (Å²) in [4.78, 5) is 24.9. The van der Waals surface area contributed by atoms with Crippen LogP contribution in [0.25, 0.3) is 0 Å². The highest BCUT2D eigenvalue weighted by atomic mass is 79.9. The van der Waals surface area contributed by atoms with E-state index in [4.69, 9.17) is 17.3 Å². The van der Waals surface area contributed by atoms with Gasteiger partial charge >= 0.3 is 0 Å². The Kier molecular flexibility index (Phi) is 6.45. The Morgan fingerprint density at radius 2 is 1.79 bits per heavy atom. The lowest BCUT2D eigenvalue weighted by Gasteiger charge is -2.06. The van der Waals surface area contributed by atoms with Gasteiger partial charge in [-0.3, -0.25) is 14.7 Å². The predicted molar refractivity (Wildman–Crippen MR) is 113 cm³/mol. The lowest BCUT2D eigenvalue weighted by atomic mass is 10.1. The van der Waals surface area contributed by atoms with Crippen molar-refractivity contribution >= 4 is 50.9 Å². The number of benzene rings is 2. The van der Waals surface area contributed by atoms with Crippen LogP contribution in [-0.4, -0.2) is 28.6 Å². The first-order chi connectivity index (χ1) is 13.5. The molecule has 0 spiro atoms. The van der Waals surface area contributed by atoms with E-state index in [0.29, 0.717) is 27.3 Å². The third-order valence-corrected chi connectivity index (χ3v) is 5.03. The zero-order chi connectivity index (χ0) is 20.1. The summed E-state index contributed by atoms with van der Waals surface area (Å²) in [7, 11) is 0. The molecule has 0 saturated heterocycles. The van der Waals surface area contributed by atoms with Crippen LogP contribution in [0.3, 0.4) is 0 Å². The topological polar surface area (TPSA) is 113 Å². The largest absolute Gasteiger partial charge is 0.330 e. The van der Waals surface area contributed by atoms with Crippen LogP contribution in [0.1, 0.15) is 26.4 Å². The molecule has 0 atom stereocenters. The second-order valence-electron chi connectivity index (χ2n) is 5.88. The number of halogens is 2. The van der Waals surface area contributed by atoms with E-state index in [1.807, 2.05) is 12.1 Å². The minimum atomic E-state index is -0.430. The van der Waals surface area contributed by atoms with E-state index in [1.165, 1.54) is 0 Å². The molecule has 0 fully saturated rings. The van der Waals surface area contributed by atoms with Crippen LogP contribution in [0.5, 0.6) is 0 Å². The maximum absolute atomic E-state index is 12.5. The van der Waals surface area contributed by atoms with Crippen molar-refractivity contribution in [2.75, 3.05) is 17.2 Å². The van der Waals surface area contributed by atoms with Crippen molar-refractivity contribution in [1.29, 1.82) is 0 Å². The Morgan fingerprint density at radius 1 is 1.07 bits per heavy atom. The number of anilines is 2. The minimum absolute atomic E-state index is 0.181. The molecule has 0 unspecified atom stereocenters. The van der Waals surface area contributed by atoms with Crippen molar-refractivity contribution in [1.82, 2.24) is 10.2 Å². The number of rotatable bonds is 6. The third-order valence-electron chi connectivity index (χ3n) is 3.93. The Hall–Kier alpha value is -2.68. The standard InChI is InChI=1S/C19H17BrClN5O2/c20-15-16(19(28)23-12-7-5-11(6-8-12)9-10-22)25-26-17(15)24-18(27)13-3-1-2-4-14(13)21/h1-8H,9-10,22H2,(H,23,28)(H2,24,25,26,27). The number of carbonyl (C=O) groups excluding carboxylic acids is 2. The van der Waals surface area contributed by atoms with E-state index in [2.05, 4.69) is 36.8 Å². The summed E-state index contributed by atoms with van der Waals surface area (Å²) in [6.07, 6.45) is 0.773. The summed E-state index contributed by atoms with van der Waals surface area (Å²) >= 11 is 9.33. The normalized spacial score (nSPS) is 10.5. The van der Waals surface area contributed by atoms with Gasteiger partial charge in [-0.1, -0.05) is 35.9 Å². The van der Waals surface area contributed by atoms with Gasteiger partial charge in [0.2, 0.25) is 0 Å². The van der Waals surface area contributed by atoms with Gasteiger partial charge in [0, 0.05) is 5.69 Å². The van der Waals surface area contributed by atoms with Crippen LogP contribution in [0.4, 0.5) is 11.5 Å². The number of nitrogens with two attached hydrogens (primary N) is 1. The fraction of sp³-hybridized carbons (Fsp3) is 0.105. The molecule has 3 rings (SSSR count). The van der Waals surface area contributed by atoms with E-state index in [-0.39, 0.29) is 11.5 Å². The molecule has 1 aromatic heterocycles. The molecular formula is C19H17BrClN5O2. The van der Waals surface area contributed by atoms with E-state index >= 15 is 0 Å². The second kappa shape index (κ2) is 9.01. The molecule has 0 aliphatic heterocycles. The van der Waals surface area contributed by atoms with Crippen LogP contribution in [0.2, 0.25) is 5.02 Å². The Balaban J connectivity index is 1.70. The number of aromatic amines is 1. The fourth-order valence-corrected chi connectivity index (χ4v) is 3.17. The van der Waals surface area contributed by atoms with Crippen molar-refractivity contribution in [3.05, 3.63) is 74.8 Å². The number of hydrogen-bond donors (Lipinski definition) is 4. The Labute approximate surface area is 174 Å². The minimum Gasteiger partial charge on any atom is -0.330 e. The van der Waals surface area contributed by atoms with Gasteiger partial charge in [-0.15, -0.1) is 0 Å². The molecule has 0 bridgehead atoms. The average molecular weight is 463 g/mol. The molecule has 2 aromatic carbocycles. The number of nitrogens with one attached hydrogen (secondary N) is 3. The Bertz CT molecular complexity index is 1000. The highest BCUT2D eigenvalue weighted by molar-refractivity contribution is 9.10. The van der Waals surface area contributed by atoms with Crippen LogP contribution >= 0.6 is 27.5 Å². The van der Waals surface area contributed by atoms with Gasteiger partial charge in [0.25, 0.3) is 11.8 Å². The number of hydrogen-bond acceptors (Lipinski definition) is 4. The summed E-state index contributed by atoms with van der Waals surface area (Å²) in [5, 5.41) is 12.3. The summed E-state index contributed by atoms with van der Waals surface area (Å²) in [6, 6.07) is 14.1. The lowest BCUT2D eigenvalue weighted by Crippen LogP contribution is -2.14. The van der Waals surface area contributed by atoms with E-state index in [9.17, 15) is 9.59 Å². The monoisotopic (exact) mass is 461 g/mol. The Morgan fingerprint density at radius 3 is 2.46 bits per heavy atom. The van der Waals surface area contributed by atoms with Crippen LogP contribution in [-0.2, 0) is 6.42 Å². The molecule has 144 valence electrons. The van der Waals surface area contributed by atoms with E-state index < -0.39 is 11.8 Å². The highest BCUT2D eigenvalue weighted by Gasteiger charge is 2.20. The number of H-pyrrole nitrogens is 1. The zero-order valence-corrected chi connectivity index (χ0v) is 17.0. The zero-order valence-electron chi connectivity index (χ0n) is 14.6. The van der Waals surface area contributed by atoms with Gasteiger partial charge in [0.05, 0.1) is 15.1 Å². The number of aromatic nitrogens is 2. The second-order valence-corrected chi connectivity index (χ2v) is 7.09.